The predicted octanol–water partition coefficient (Wildman–Crippen LogP) is 2.37. The Labute approximate surface area is 114 Å². The molecule has 1 fully saturated rings. The number of hydrogen-bond acceptors (Lipinski definition) is 3. The smallest absolute Gasteiger partial charge is 0.387 e. The molecule has 7 heteroatoms. The molecule has 1 saturated heterocycles. The summed E-state index contributed by atoms with van der Waals surface area (Å²) in [5.74, 6) is -1.86. The number of carbonyl (C=O) groups is 1. The number of carbonyl (C=O) groups excluding carboxylic acids is 1. The Hall–Kier alpha value is -1.76. The van der Waals surface area contributed by atoms with Crippen LogP contribution in [0.15, 0.2) is 18.2 Å². The summed E-state index contributed by atoms with van der Waals surface area (Å²) in [6.07, 6.45) is 1.68. The standard InChI is InChI=1S/C13H15F3N2O2/c14-10-6-9(3-4-11(10)20-13(15)16)18-12(19)8-2-1-5-17-7-8/h3-4,6,8,13,17H,1-2,5,7H2,(H,18,19)/t8-/m0/s1. The zero-order chi connectivity index (χ0) is 14.5. The van der Waals surface area contributed by atoms with Gasteiger partial charge in [-0.15, -0.1) is 0 Å². The molecular formula is C13H15F3N2O2. The van der Waals surface area contributed by atoms with Crippen molar-refractivity contribution in [3.8, 4) is 5.75 Å². The Bertz CT molecular complexity index is 477. The van der Waals surface area contributed by atoms with Gasteiger partial charge in [0.1, 0.15) is 0 Å². The van der Waals surface area contributed by atoms with Crippen LogP contribution >= 0.6 is 0 Å². The second kappa shape index (κ2) is 6.60. The monoisotopic (exact) mass is 288 g/mol. The van der Waals surface area contributed by atoms with Crippen molar-refractivity contribution in [3.05, 3.63) is 24.0 Å². The van der Waals surface area contributed by atoms with E-state index in [-0.39, 0.29) is 17.5 Å². The Balaban J connectivity index is 1.99. The van der Waals surface area contributed by atoms with Crippen LogP contribution in [0, 0.1) is 11.7 Å². The maximum atomic E-state index is 13.5. The van der Waals surface area contributed by atoms with E-state index in [0.29, 0.717) is 6.54 Å². The van der Waals surface area contributed by atoms with Gasteiger partial charge in [0, 0.05) is 18.3 Å². The van der Waals surface area contributed by atoms with Gasteiger partial charge in [0.15, 0.2) is 11.6 Å². The molecule has 110 valence electrons. The third kappa shape index (κ3) is 3.86. The van der Waals surface area contributed by atoms with Gasteiger partial charge in [-0.25, -0.2) is 4.39 Å². The van der Waals surface area contributed by atoms with Gasteiger partial charge >= 0.3 is 6.61 Å². The summed E-state index contributed by atoms with van der Waals surface area (Å²) >= 11 is 0. The molecule has 1 aliphatic heterocycles. The Morgan fingerprint density at radius 1 is 1.45 bits per heavy atom. The van der Waals surface area contributed by atoms with Gasteiger partial charge in [0.05, 0.1) is 5.92 Å². The quantitative estimate of drug-likeness (QED) is 0.894. The van der Waals surface area contributed by atoms with Crippen molar-refractivity contribution in [2.24, 2.45) is 5.92 Å². The van der Waals surface area contributed by atoms with Crippen molar-refractivity contribution in [2.75, 3.05) is 18.4 Å². The minimum absolute atomic E-state index is 0.163. The van der Waals surface area contributed by atoms with Crippen LogP contribution in [0.2, 0.25) is 0 Å². The molecule has 0 aromatic heterocycles. The van der Waals surface area contributed by atoms with Crippen LogP contribution in [0.1, 0.15) is 12.8 Å². The second-order valence-corrected chi connectivity index (χ2v) is 4.56. The van der Waals surface area contributed by atoms with Gasteiger partial charge in [-0.05, 0) is 31.5 Å². The lowest BCUT2D eigenvalue weighted by Crippen LogP contribution is -2.37. The minimum atomic E-state index is -3.08. The number of nitrogens with one attached hydrogen (secondary N) is 2. The van der Waals surface area contributed by atoms with Crippen LogP contribution in [0.4, 0.5) is 18.9 Å². The number of alkyl halides is 2. The van der Waals surface area contributed by atoms with Crippen molar-refractivity contribution in [1.29, 1.82) is 0 Å². The first-order valence-corrected chi connectivity index (χ1v) is 6.32. The minimum Gasteiger partial charge on any atom is -0.432 e. The molecule has 2 N–H and O–H groups in total. The molecule has 2 rings (SSSR count). The van der Waals surface area contributed by atoms with E-state index >= 15 is 0 Å². The molecule has 1 amide bonds. The summed E-state index contributed by atoms with van der Waals surface area (Å²) in [4.78, 5) is 11.9. The Morgan fingerprint density at radius 3 is 2.85 bits per heavy atom. The zero-order valence-electron chi connectivity index (χ0n) is 10.7. The highest BCUT2D eigenvalue weighted by molar-refractivity contribution is 5.92. The van der Waals surface area contributed by atoms with Crippen LogP contribution < -0.4 is 15.4 Å². The van der Waals surface area contributed by atoms with Crippen molar-refractivity contribution in [3.63, 3.8) is 0 Å². The summed E-state index contributed by atoms with van der Waals surface area (Å²) in [5, 5.41) is 5.68. The zero-order valence-corrected chi connectivity index (χ0v) is 10.7. The number of halogens is 3. The highest BCUT2D eigenvalue weighted by atomic mass is 19.3. The first-order valence-electron chi connectivity index (χ1n) is 6.32. The van der Waals surface area contributed by atoms with E-state index in [0.717, 1.165) is 31.5 Å². The maximum Gasteiger partial charge on any atom is 0.387 e. The van der Waals surface area contributed by atoms with E-state index in [2.05, 4.69) is 15.4 Å². The van der Waals surface area contributed by atoms with Gasteiger partial charge in [-0.1, -0.05) is 0 Å². The van der Waals surface area contributed by atoms with Crippen molar-refractivity contribution in [2.45, 2.75) is 19.5 Å². The predicted molar refractivity (Wildman–Crippen MR) is 67.3 cm³/mol. The highest BCUT2D eigenvalue weighted by Gasteiger charge is 2.21. The first kappa shape index (κ1) is 14.6. The van der Waals surface area contributed by atoms with Crippen LogP contribution in [0.3, 0.4) is 0 Å². The lowest BCUT2D eigenvalue weighted by Gasteiger charge is -2.22. The summed E-state index contributed by atoms with van der Waals surface area (Å²) in [7, 11) is 0. The summed E-state index contributed by atoms with van der Waals surface area (Å²) < 4.78 is 41.4. The Morgan fingerprint density at radius 2 is 2.25 bits per heavy atom. The van der Waals surface area contributed by atoms with Gasteiger partial charge in [-0.2, -0.15) is 8.78 Å². The van der Waals surface area contributed by atoms with Gasteiger partial charge < -0.3 is 15.4 Å². The first-order chi connectivity index (χ1) is 9.56. The largest absolute Gasteiger partial charge is 0.432 e. The number of benzene rings is 1. The molecule has 0 spiro atoms. The lowest BCUT2D eigenvalue weighted by atomic mass is 9.99. The fourth-order valence-electron chi connectivity index (χ4n) is 2.09. The molecule has 1 aromatic rings. The summed E-state index contributed by atoms with van der Waals surface area (Å²) in [6, 6.07) is 3.36. The Kier molecular flexibility index (Phi) is 4.84. The third-order valence-electron chi connectivity index (χ3n) is 3.08. The van der Waals surface area contributed by atoms with E-state index in [1.807, 2.05) is 0 Å². The van der Waals surface area contributed by atoms with Gasteiger partial charge in [0.2, 0.25) is 5.91 Å². The van der Waals surface area contributed by atoms with Crippen molar-refractivity contribution in [1.82, 2.24) is 5.32 Å². The molecule has 1 heterocycles. The fraction of sp³-hybridized carbons (Fsp3) is 0.462. The SMILES string of the molecule is O=C(Nc1ccc(OC(F)F)c(F)c1)[C@H]1CCCNC1. The lowest BCUT2D eigenvalue weighted by molar-refractivity contribution is -0.120. The fourth-order valence-corrected chi connectivity index (χ4v) is 2.09. The molecule has 1 aliphatic rings. The number of hydrogen-bond donors (Lipinski definition) is 2. The molecule has 0 unspecified atom stereocenters. The van der Waals surface area contributed by atoms with Crippen LogP contribution in [-0.2, 0) is 4.79 Å². The molecule has 20 heavy (non-hydrogen) atoms. The number of piperidine rings is 1. The highest BCUT2D eigenvalue weighted by Crippen LogP contribution is 2.23. The molecule has 0 bridgehead atoms. The van der Waals surface area contributed by atoms with E-state index < -0.39 is 18.2 Å². The number of rotatable bonds is 4. The number of ether oxygens (including phenoxy) is 1. The average molecular weight is 288 g/mol. The molecule has 1 atom stereocenters. The number of anilines is 1. The maximum absolute atomic E-state index is 13.5. The van der Waals surface area contributed by atoms with Crippen molar-refractivity contribution >= 4 is 11.6 Å². The van der Waals surface area contributed by atoms with E-state index in [4.69, 9.17) is 0 Å². The van der Waals surface area contributed by atoms with Crippen molar-refractivity contribution < 1.29 is 22.7 Å². The third-order valence-corrected chi connectivity index (χ3v) is 3.08. The van der Waals surface area contributed by atoms with E-state index in [9.17, 15) is 18.0 Å². The normalized spacial score (nSPS) is 18.9. The molecule has 0 saturated carbocycles. The molecule has 4 nitrogen and oxygen atoms in total. The number of amides is 1. The van der Waals surface area contributed by atoms with Gasteiger partial charge in [-0.3, -0.25) is 4.79 Å². The van der Waals surface area contributed by atoms with E-state index in [1.54, 1.807) is 0 Å². The second-order valence-electron chi connectivity index (χ2n) is 4.56. The average Bonchev–Trinajstić information content (AvgIpc) is 2.42. The van der Waals surface area contributed by atoms with Crippen LogP contribution in [0.25, 0.3) is 0 Å². The van der Waals surface area contributed by atoms with Gasteiger partial charge in [0.25, 0.3) is 0 Å². The van der Waals surface area contributed by atoms with Crippen LogP contribution in [0.5, 0.6) is 5.75 Å². The van der Waals surface area contributed by atoms with E-state index in [1.165, 1.54) is 6.07 Å². The topological polar surface area (TPSA) is 50.4 Å². The van der Waals surface area contributed by atoms with Crippen LogP contribution in [-0.4, -0.2) is 25.6 Å². The summed E-state index contributed by atoms with van der Waals surface area (Å²) in [5.41, 5.74) is 0.222. The molecular weight excluding hydrogens is 273 g/mol. The molecule has 1 aromatic carbocycles. The molecule has 0 aliphatic carbocycles. The molecule has 0 radical (unpaired) electrons. The summed E-state index contributed by atoms with van der Waals surface area (Å²) in [6.45, 7) is -1.61.